The fourth-order valence-corrected chi connectivity index (χ4v) is 3.46. The van der Waals surface area contributed by atoms with E-state index in [0.29, 0.717) is 11.3 Å². The molecule has 0 atom stereocenters. The first-order valence-corrected chi connectivity index (χ1v) is 9.35. The number of hydrogen-bond acceptors (Lipinski definition) is 5. The number of aromatic carboxylic acids is 1. The van der Waals surface area contributed by atoms with Crippen LogP contribution >= 0.6 is 0 Å². The molecule has 4 N–H and O–H groups in total. The van der Waals surface area contributed by atoms with Crippen LogP contribution in [0.25, 0.3) is 33.5 Å². The van der Waals surface area contributed by atoms with Crippen LogP contribution in [0, 0.1) is 0 Å². The maximum atomic E-state index is 12.9. The van der Waals surface area contributed by atoms with Crippen LogP contribution in [-0.2, 0) is 0 Å². The van der Waals surface area contributed by atoms with Crippen molar-refractivity contribution in [3.63, 3.8) is 0 Å². The van der Waals surface area contributed by atoms with Crippen LogP contribution in [0.5, 0.6) is 5.75 Å². The van der Waals surface area contributed by atoms with Crippen molar-refractivity contribution in [2.24, 2.45) is 0 Å². The van der Waals surface area contributed by atoms with Gasteiger partial charge in [-0.15, -0.1) is 0 Å². The summed E-state index contributed by atoms with van der Waals surface area (Å²) < 4.78 is 5.73. The van der Waals surface area contributed by atoms with Gasteiger partial charge in [0, 0.05) is 10.9 Å². The van der Waals surface area contributed by atoms with E-state index in [1.807, 2.05) is 24.3 Å². The molecule has 152 valence electrons. The lowest BCUT2D eigenvalue weighted by Crippen LogP contribution is -2.13. The predicted molar refractivity (Wildman–Crippen MR) is 114 cm³/mol. The van der Waals surface area contributed by atoms with Gasteiger partial charge in [-0.25, -0.2) is 9.78 Å². The third kappa shape index (κ3) is 3.16. The monoisotopic (exact) mass is 413 g/mol. The van der Waals surface area contributed by atoms with Crippen molar-refractivity contribution in [1.29, 1.82) is 0 Å². The molecule has 0 unspecified atom stereocenters. The topological polar surface area (TPSA) is 128 Å². The Labute approximate surface area is 174 Å². The number of fused-ring (bicyclic) bond motifs is 2. The zero-order chi connectivity index (χ0) is 21.5. The quantitative estimate of drug-likeness (QED) is 0.318. The van der Waals surface area contributed by atoms with Crippen LogP contribution in [0.15, 0.2) is 71.1 Å². The molecule has 31 heavy (non-hydrogen) atoms. The minimum Gasteiger partial charge on any atom is -0.506 e. The van der Waals surface area contributed by atoms with Gasteiger partial charge < -0.3 is 24.9 Å². The molecule has 0 saturated heterocycles. The Morgan fingerprint density at radius 2 is 1.81 bits per heavy atom. The van der Waals surface area contributed by atoms with Crippen molar-refractivity contribution in [1.82, 2.24) is 9.97 Å². The van der Waals surface area contributed by atoms with Crippen molar-refractivity contribution in [2.45, 2.75) is 0 Å². The van der Waals surface area contributed by atoms with E-state index in [1.165, 1.54) is 12.1 Å². The van der Waals surface area contributed by atoms with Crippen LogP contribution in [-0.4, -0.2) is 32.1 Å². The second-order valence-electron chi connectivity index (χ2n) is 6.90. The molecule has 2 aromatic heterocycles. The van der Waals surface area contributed by atoms with Crippen LogP contribution in [0.3, 0.4) is 0 Å². The summed E-state index contributed by atoms with van der Waals surface area (Å²) in [7, 11) is 0. The number of amides is 1. The number of nitrogens with one attached hydrogen (secondary N) is 2. The van der Waals surface area contributed by atoms with E-state index in [2.05, 4.69) is 15.3 Å². The smallest absolute Gasteiger partial charge is 0.338 e. The molecule has 0 aliphatic carbocycles. The van der Waals surface area contributed by atoms with Gasteiger partial charge in [0.15, 0.2) is 5.58 Å². The highest BCUT2D eigenvalue weighted by Crippen LogP contribution is 2.37. The van der Waals surface area contributed by atoms with Gasteiger partial charge >= 0.3 is 5.97 Å². The summed E-state index contributed by atoms with van der Waals surface area (Å²) in [5.74, 6) is -1.69. The number of aromatic hydroxyl groups is 1. The van der Waals surface area contributed by atoms with Crippen molar-refractivity contribution < 1.29 is 24.2 Å². The van der Waals surface area contributed by atoms with Crippen LogP contribution in [0.2, 0.25) is 0 Å². The number of H-pyrrole nitrogens is 1. The fraction of sp³-hybridized carbons (Fsp3) is 0. The number of phenols is 1. The fourth-order valence-electron chi connectivity index (χ4n) is 3.46. The molecule has 0 fully saturated rings. The first-order chi connectivity index (χ1) is 15.0. The molecule has 1 amide bonds. The van der Waals surface area contributed by atoms with Gasteiger partial charge in [0.2, 0.25) is 5.89 Å². The number of aromatic nitrogens is 2. The summed E-state index contributed by atoms with van der Waals surface area (Å²) in [6.07, 6.45) is 0. The number of nitrogens with zero attached hydrogens (tertiary/aromatic N) is 1. The number of carbonyl (C=O) groups excluding carboxylic acids is 1. The van der Waals surface area contributed by atoms with E-state index < -0.39 is 11.9 Å². The van der Waals surface area contributed by atoms with Crippen LogP contribution < -0.4 is 5.32 Å². The Balaban J connectivity index is 1.57. The molecule has 8 heteroatoms. The molecular formula is C23H15N3O5. The summed E-state index contributed by atoms with van der Waals surface area (Å²) in [5.41, 5.74) is 2.02. The zero-order valence-corrected chi connectivity index (χ0v) is 15.9. The zero-order valence-electron chi connectivity index (χ0n) is 15.9. The molecule has 3 aromatic carbocycles. The number of carbonyl (C=O) groups is 2. The molecule has 0 aliphatic rings. The summed E-state index contributed by atoms with van der Waals surface area (Å²) in [6, 6.07) is 18.4. The van der Waals surface area contributed by atoms with Gasteiger partial charge in [-0.1, -0.05) is 30.3 Å². The van der Waals surface area contributed by atoms with Gasteiger partial charge in [0.05, 0.1) is 16.8 Å². The van der Waals surface area contributed by atoms with Crippen LogP contribution in [0.4, 0.5) is 5.69 Å². The van der Waals surface area contributed by atoms with Gasteiger partial charge in [-0.05, 0) is 36.4 Å². The van der Waals surface area contributed by atoms with E-state index in [-0.39, 0.29) is 34.0 Å². The highest BCUT2D eigenvalue weighted by atomic mass is 16.4. The molecule has 0 radical (unpaired) electrons. The number of oxazole rings is 1. The highest BCUT2D eigenvalue weighted by molar-refractivity contribution is 6.08. The lowest BCUT2D eigenvalue weighted by atomic mass is 10.1. The molecule has 5 aromatic rings. The molecule has 0 saturated carbocycles. The molecule has 5 rings (SSSR count). The van der Waals surface area contributed by atoms with E-state index >= 15 is 0 Å². The third-order valence-corrected chi connectivity index (χ3v) is 4.94. The van der Waals surface area contributed by atoms with Crippen LogP contribution in [0.1, 0.15) is 20.8 Å². The molecule has 0 aliphatic heterocycles. The number of phenolic OH excluding ortho intramolecular Hbond substituents is 1. The molecule has 2 heterocycles. The van der Waals surface area contributed by atoms with Gasteiger partial charge in [-0.3, -0.25) is 4.79 Å². The second-order valence-corrected chi connectivity index (χ2v) is 6.90. The minimum absolute atomic E-state index is 0.00341. The SMILES string of the molecule is O=C(Nc1c(O)cccc1-c1nc2c(C(=O)O)cccc2o1)c1cc2ccccc2[nH]1. The number of carboxylic acids is 1. The number of benzene rings is 3. The Kier molecular flexibility index (Phi) is 4.18. The van der Waals surface area contributed by atoms with Gasteiger partial charge in [0.1, 0.15) is 17.0 Å². The minimum atomic E-state index is -1.13. The lowest BCUT2D eigenvalue weighted by molar-refractivity contribution is 0.0698. The number of anilines is 1. The van der Waals surface area contributed by atoms with Gasteiger partial charge in [0.25, 0.3) is 5.91 Å². The number of rotatable bonds is 4. The largest absolute Gasteiger partial charge is 0.506 e. The molecular weight excluding hydrogens is 398 g/mol. The van der Waals surface area contributed by atoms with Crippen molar-refractivity contribution in [3.05, 3.63) is 78.0 Å². The summed E-state index contributed by atoms with van der Waals surface area (Å²) in [6.45, 7) is 0. The average Bonchev–Trinajstić information content (AvgIpc) is 3.38. The summed E-state index contributed by atoms with van der Waals surface area (Å²) in [5, 5.41) is 23.4. The number of para-hydroxylation sites is 3. The molecule has 8 nitrogen and oxygen atoms in total. The Bertz CT molecular complexity index is 1450. The standard InChI is InChI=1S/C23H15N3O5/c27-17-9-3-6-13(22-26-20-14(23(29)30)7-4-10-18(20)31-22)19(17)25-21(28)16-11-12-5-1-2-8-15(12)24-16/h1-11,24,27H,(H,25,28)(H,29,30). The highest BCUT2D eigenvalue weighted by Gasteiger charge is 2.21. The van der Waals surface area contributed by atoms with E-state index in [1.54, 1.807) is 30.3 Å². The van der Waals surface area contributed by atoms with Crippen molar-refractivity contribution in [2.75, 3.05) is 5.32 Å². The first kappa shape index (κ1) is 18.4. The Morgan fingerprint density at radius 3 is 2.61 bits per heavy atom. The summed E-state index contributed by atoms with van der Waals surface area (Å²) >= 11 is 0. The van der Waals surface area contributed by atoms with E-state index in [4.69, 9.17) is 4.42 Å². The maximum Gasteiger partial charge on any atom is 0.338 e. The lowest BCUT2D eigenvalue weighted by Gasteiger charge is -2.10. The third-order valence-electron chi connectivity index (χ3n) is 4.94. The van der Waals surface area contributed by atoms with Crippen molar-refractivity contribution >= 4 is 39.6 Å². The van der Waals surface area contributed by atoms with Gasteiger partial charge in [-0.2, -0.15) is 0 Å². The number of hydrogen-bond donors (Lipinski definition) is 4. The molecule has 0 spiro atoms. The Morgan fingerprint density at radius 1 is 1.00 bits per heavy atom. The number of carboxylic acid groups (broad SMARTS) is 1. The number of aromatic amines is 1. The van der Waals surface area contributed by atoms with E-state index in [9.17, 15) is 19.8 Å². The second kappa shape index (κ2) is 7.03. The normalized spacial score (nSPS) is 11.1. The maximum absolute atomic E-state index is 12.9. The Hall–Kier alpha value is -4.59. The predicted octanol–water partition coefficient (Wildman–Crippen LogP) is 4.63. The first-order valence-electron chi connectivity index (χ1n) is 9.35. The van der Waals surface area contributed by atoms with Crippen molar-refractivity contribution in [3.8, 4) is 17.2 Å². The molecule has 0 bridgehead atoms. The average molecular weight is 413 g/mol. The summed E-state index contributed by atoms with van der Waals surface area (Å²) in [4.78, 5) is 31.7. The van der Waals surface area contributed by atoms with E-state index in [0.717, 1.165) is 10.9 Å².